The van der Waals surface area contributed by atoms with Gasteiger partial charge in [0.15, 0.2) is 0 Å². The van der Waals surface area contributed by atoms with Crippen LogP contribution >= 0.6 is 0 Å². The van der Waals surface area contributed by atoms with Gasteiger partial charge in [0.1, 0.15) is 24.0 Å². The Morgan fingerprint density at radius 1 is 1.48 bits per heavy atom. The van der Waals surface area contributed by atoms with E-state index >= 15 is 0 Å². The first-order valence-electron chi connectivity index (χ1n) is 6.90. The van der Waals surface area contributed by atoms with Crippen molar-refractivity contribution in [3.8, 4) is 0 Å². The normalized spacial score (nSPS) is 27.8. The van der Waals surface area contributed by atoms with Crippen LogP contribution < -0.4 is 5.73 Å². The maximum absolute atomic E-state index is 8.07. The standard InChI is InChI=1S/C14H19N4O.W.Y/c1-8-9(2)19-13(14(8,3)4)18-6-5-10-11(15)16-7-17-12(10)18;;/h5-9,13H,2H2,1,3-4H3,(H2,15,16,17);;/q-1;;/t8?,9?,13-;;/m1../s1/i5T;;. The van der Waals surface area contributed by atoms with Gasteiger partial charge in [-0.1, -0.05) is 26.9 Å². The predicted octanol–water partition coefficient (Wildman–Crippen LogP) is 2.40. The first kappa shape index (κ1) is 17.5. The maximum atomic E-state index is 8.07. The first-order chi connectivity index (χ1) is 9.34. The molecule has 1 radical (unpaired) electrons. The second-order valence-electron chi connectivity index (χ2n) is 5.78. The van der Waals surface area contributed by atoms with Gasteiger partial charge in [0, 0.05) is 65.4 Å². The van der Waals surface area contributed by atoms with Crippen molar-refractivity contribution in [2.45, 2.75) is 33.1 Å². The zero-order valence-electron chi connectivity index (χ0n) is 13.4. The average molecular weight is 534 g/mol. The minimum Gasteiger partial charge on any atom is -0.386 e. The van der Waals surface area contributed by atoms with E-state index in [1.165, 1.54) is 6.33 Å². The van der Waals surface area contributed by atoms with Crippen molar-refractivity contribution in [2.24, 2.45) is 11.3 Å². The molecule has 0 aliphatic carbocycles. The Bertz CT molecular complexity index is 678. The third-order valence-electron chi connectivity index (χ3n) is 4.37. The van der Waals surface area contributed by atoms with E-state index in [9.17, 15) is 0 Å². The fourth-order valence-electron chi connectivity index (χ4n) is 2.68. The van der Waals surface area contributed by atoms with Gasteiger partial charge in [-0.05, 0) is 12.0 Å². The fourth-order valence-corrected chi connectivity index (χ4v) is 2.68. The summed E-state index contributed by atoms with van der Waals surface area (Å²) in [5, 5.41) is 0.576. The topological polar surface area (TPSA) is 66.0 Å². The number of anilines is 1. The van der Waals surface area contributed by atoms with Crippen molar-refractivity contribution in [1.29, 1.82) is 0 Å². The maximum Gasteiger partial charge on any atom is 0.147 e. The molecule has 0 amide bonds. The molecule has 2 aromatic rings. The Morgan fingerprint density at radius 2 is 2.14 bits per heavy atom. The molecule has 0 bridgehead atoms. The number of aromatic nitrogens is 3. The summed E-state index contributed by atoms with van der Waals surface area (Å²) >= 11 is 0. The molecule has 1 fully saturated rings. The van der Waals surface area contributed by atoms with E-state index in [2.05, 4.69) is 37.7 Å². The SMILES string of the molecule is [3H]c1cn([C@@H]2OC([CH2-])C(C)C2(C)C)c2ncnc(N)c12.[W].[Y]. The molecule has 3 atom stereocenters. The molecular weight excluding hydrogens is 513 g/mol. The molecule has 0 spiro atoms. The van der Waals surface area contributed by atoms with Gasteiger partial charge in [-0.2, -0.15) is 0 Å². The van der Waals surface area contributed by atoms with Gasteiger partial charge in [0.05, 0.1) is 6.76 Å². The van der Waals surface area contributed by atoms with Gasteiger partial charge in [0.25, 0.3) is 0 Å². The molecule has 3 rings (SSSR count). The van der Waals surface area contributed by atoms with Crippen LogP contribution in [0.4, 0.5) is 5.82 Å². The third-order valence-corrected chi connectivity index (χ3v) is 4.37. The fraction of sp³-hybridized carbons (Fsp3) is 0.500. The van der Waals surface area contributed by atoms with E-state index in [0.717, 1.165) is 0 Å². The largest absolute Gasteiger partial charge is 0.386 e. The number of hydrogen-bond acceptors (Lipinski definition) is 4. The number of hydrogen-bond donors (Lipinski definition) is 1. The van der Waals surface area contributed by atoms with E-state index < -0.39 is 0 Å². The van der Waals surface area contributed by atoms with Crippen LogP contribution in [0.5, 0.6) is 0 Å². The summed E-state index contributed by atoms with van der Waals surface area (Å²) in [5.41, 5.74) is 6.39. The van der Waals surface area contributed by atoms with Gasteiger partial charge in [-0.15, -0.1) is 0 Å². The zero-order chi connectivity index (χ0) is 14.7. The molecular formula is C14H19N4OWY-. The van der Waals surface area contributed by atoms with Crippen LogP contribution in [0.25, 0.3) is 11.0 Å². The molecule has 0 aromatic carbocycles. The Hall–Kier alpha value is 0.172. The molecule has 1 saturated heterocycles. The minimum absolute atomic E-state index is 0. The smallest absolute Gasteiger partial charge is 0.147 e. The van der Waals surface area contributed by atoms with Gasteiger partial charge >= 0.3 is 0 Å². The van der Waals surface area contributed by atoms with E-state index in [-0.39, 0.29) is 71.5 Å². The van der Waals surface area contributed by atoms with Crippen LogP contribution in [-0.2, 0) is 58.5 Å². The predicted molar refractivity (Wildman–Crippen MR) is 74.2 cm³/mol. The summed E-state index contributed by atoms with van der Waals surface area (Å²) in [6, 6.07) is 0.317. The number of nitrogens with two attached hydrogens (primary N) is 1. The quantitative estimate of drug-likeness (QED) is 0.572. The molecule has 0 saturated carbocycles. The number of fused-ring (bicyclic) bond motifs is 1. The van der Waals surface area contributed by atoms with E-state index in [1.54, 1.807) is 6.20 Å². The van der Waals surface area contributed by atoms with Crippen LogP contribution in [0.3, 0.4) is 0 Å². The van der Waals surface area contributed by atoms with Crippen LogP contribution in [0.2, 0.25) is 0 Å². The molecule has 3 heterocycles. The Labute approximate surface area is 166 Å². The summed E-state index contributed by atoms with van der Waals surface area (Å²) < 4.78 is 16.0. The van der Waals surface area contributed by atoms with Crippen molar-refractivity contribution in [3.05, 3.63) is 25.5 Å². The summed E-state index contributed by atoms with van der Waals surface area (Å²) in [4.78, 5) is 8.23. The van der Waals surface area contributed by atoms with E-state index in [1.807, 2.05) is 4.57 Å². The molecule has 7 heteroatoms. The van der Waals surface area contributed by atoms with E-state index in [4.69, 9.17) is 11.8 Å². The van der Waals surface area contributed by atoms with Gasteiger partial charge in [0.2, 0.25) is 0 Å². The molecule has 21 heavy (non-hydrogen) atoms. The Balaban J connectivity index is 0.00000121. The second-order valence-corrected chi connectivity index (χ2v) is 5.78. The number of nitrogens with zero attached hydrogens (tertiary/aromatic N) is 3. The number of ether oxygens (including phenoxy) is 1. The van der Waals surface area contributed by atoms with Crippen LogP contribution in [0, 0.1) is 18.3 Å². The summed E-state index contributed by atoms with van der Waals surface area (Å²) in [5.74, 6) is 0.632. The molecule has 2 N–H and O–H groups in total. The van der Waals surface area contributed by atoms with Crippen molar-refractivity contribution < 1.29 is 59.9 Å². The van der Waals surface area contributed by atoms with Gasteiger partial charge < -0.3 is 22.0 Å². The molecule has 1 aliphatic heterocycles. The van der Waals surface area contributed by atoms with Crippen LogP contribution in [0.1, 0.15) is 28.4 Å². The first-order valence-corrected chi connectivity index (χ1v) is 6.40. The number of rotatable bonds is 1. The van der Waals surface area contributed by atoms with Gasteiger partial charge in [-0.3, -0.25) is 0 Å². The summed E-state index contributed by atoms with van der Waals surface area (Å²) in [6.07, 6.45) is 2.84. The monoisotopic (exact) mass is 534 g/mol. The van der Waals surface area contributed by atoms with Crippen molar-refractivity contribution in [3.63, 3.8) is 0 Å². The minimum atomic E-state index is -0.212. The second kappa shape index (κ2) is 6.74. The zero-order valence-corrected chi connectivity index (χ0v) is 18.2. The molecule has 111 valence electrons. The molecule has 5 nitrogen and oxygen atoms in total. The van der Waals surface area contributed by atoms with Crippen molar-refractivity contribution in [2.75, 3.05) is 5.73 Å². The van der Waals surface area contributed by atoms with E-state index in [0.29, 0.717) is 28.8 Å². The molecule has 2 unspecified atom stereocenters. The number of nitrogen functional groups attached to an aromatic ring is 1. The van der Waals surface area contributed by atoms with Crippen molar-refractivity contribution in [1.82, 2.24) is 14.5 Å². The van der Waals surface area contributed by atoms with Gasteiger partial charge in [-0.25, -0.2) is 9.97 Å². The van der Waals surface area contributed by atoms with Crippen LogP contribution in [0.15, 0.2) is 18.6 Å². The molecule has 1 aliphatic rings. The summed E-state index contributed by atoms with van der Waals surface area (Å²) in [7, 11) is 0. The average Bonchev–Trinajstić information content (AvgIpc) is 2.81. The van der Waals surface area contributed by atoms with Crippen molar-refractivity contribution >= 4 is 16.9 Å². The summed E-state index contributed by atoms with van der Waals surface area (Å²) in [6.45, 7) is 10.5. The Morgan fingerprint density at radius 3 is 2.71 bits per heavy atom. The molecule has 2 aromatic heterocycles. The van der Waals surface area contributed by atoms with Crippen LogP contribution in [-0.4, -0.2) is 20.6 Å². The Kier molecular flexibility index (Phi) is 5.62. The third kappa shape index (κ3) is 2.99.